The van der Waals surface area contributed by atoms with Crippen LogP contribution in [0.25, 0.3) is 5.69 Å². The summed E-state index contributed by atoms with van der Waals surface area (Å²) < 4.78 is 12.9. The first kappa shape index (κ1) is 24.1. The number of fused-ring (bicyclic) bond motifs is 1. The summed E-state index contributed by atoms with van der Waals surface area (Å²) in [5.74, 6) is 0.649. The number of amides is 1. The number of hydrogen-bond donors (Lipinski definition) is 2. The minimum Gasteiger partial charge on any atom is -0.497 e. The molecule has 1 amide bonds. The summed E-state index contributed by atoms with van der Waals surface area (Å²) in [4.78, 5) is 26.0. The number of benzene rings is 2. The van der Waals surface area contributed by atoms with Gasteiger partial charge in [0.05, 0.1) is 29.7 Å². The van der Waals surface area contributed by atoms with Gasteiger partial charge in [-0.25, -0.2) is 4.68 Å². The number of nitrogens with one attached hydrogen (secondary N) is 1. The molecule has 1 fully saturated rings. The lowest BCUT2D eigenvalue weighted by Gasteiger charge is -2.29. The first-order chi connectivity index (χ1) is 17.3. The van der Waals surface area contributed by atoms with Crippen LogP contribution in [0.4, 0.5) is 5.69 Å². The number of ether oxygens (including phenoxy) is 2. The molecule has 1 aliphatic carbocycles. The van der Waals surface area contributed by atoms with E-state index in [1.54, 1.807) is 30.0 Å². The van der Waals surface area contributed by atoms with Crippen molar-refractivity contribution in [2.45, 2.75) is 52.2 Å². The summed E-state index contributed by atoms with van der Waals surface area (Å²) in [7, 11) is 1.62. The van der Waals surface area contributed by atoms with Gasteiger partial charge in [0.25, 0.3) is 5.91 Å². The molecule has 1 unspecified atom stereocenters. The first-order valence-corrected chi connectivity index (χ1v) is 12.3. The van der Waals surface area contributed by atoms with Gasteiger partial charge in [0.15, 0.2) is 5.78 Å². The van der Waals surface area contributed by atoms with Crippen molar-refractivity contribution in [3.8, 4) is 11.4 Å². The number of carbonyl (C=O) groups is 2. The molecule has 8 nitrogen and oxygen atoms in total. The van der Waals surface area contributed by atoms with Gasteiger partial charge in [0.2, 0.25) is 0 Å². The molecule has 0 radical (unpaired) electrons. The van der Waals surface area contributed by atoms with Crippen molar-refractivity contribution in [1.29, 1.82) is 0 Å². The molecular formula is C28H32N4O4. The molecule has 8 heteroatoms. The second kappa shape index (κ2) is 9.43. The molecular weight excluding hydrogens is 456 g/mol. The van der Waals surface area contributed by atoms with Crippen molar-refractivity contribution in [3.63, 3.8) is 0 Å². The molecule has 2 heterocycles. The number of methoxy groups -OCH3 is 1. The lowest BCUT2D eigenvalue weighted by atomic mass is 9.75. The van der Waals surface area contributed by atoms with E-state index in [-0.39, 0.29) is 23.2 Å². The number of nitrogen functional groups attached to an aromatic ring is 1. The average molecular weight is 489 g/mol. The zero-order valence-electron chi connectivity index (χ0n) is 21.0. The van der Waals surface area contributed by atoms with E-state index in [1.807, 2.05) is 24.3 Å². The Labute approximate surface area is 210 Å². The number of rotatable bonds is 6. The van der Waals surface area contributed by atoms with Gasteiger partial charge in [0, 0.05) is 25.1 Å². The van der Waals surface area contributed by atoms with Crippen LogP contribution in [0.3, 0.4) is 0 Å². The number of nitrogens with zero attached hydrogens (tertiary/aromatic N) is 2. The fraction of sp³-hybridized carbons (Fsp3) is 0.393. The molecule has 1 aromatic heterocycles. The smallest absolute Gasteiger partial charge is 0.251 e. The molecule has 1 atom stereocenters. The maximum Gasteiger partial charge on any atom is 0.251 e. The maximum absolute atomic E-state index is 13.2. The van der Waals surface area contributed by atoms with Crippen LogP contribution in [0.2, 0.25) is 0 Å². The number of carbonyl (C=O) groups excluding carboxylic acids is 2. The fourth-order valence-electron chi connectivity index (χ4n) is 5.11. The monoisotopic (exact) mass is 488 g/mol. The number of hydrogen-bond acceptors (Lipinski definition) is 6. The zero-order chi connectivity index (χ0) is 25.4. The first-order valence-electron chi connectivity index (χ1n) is 12.3. The topological polar surface area (TPSA) is 108 Å². The second-order valence-corrected chi connectivity index (χ2v) is 10.4. The van der Waals surface area contributed by atoms with Crippen molar-refractivity contribution >= 4 is 17.4 Å². The molecule has 2 aromatic carbocycles. The summed E-state index contributed by atoms with van der Waals surface area (Å²) in [5, 5.41) is 7.79. The van der Waals surface area contributed by atoms with Crippen LogP contribution in [-0.4, -0.2) is 35.2 Å². The minimum atomic E-state index is -0.220. The maximum atomic E-state index is 13.2. The van der Waals surface area contributed by atoms with Gasteiger partial charge in [-0.1, -0.05) is 26.0 Å². The quantitative estimate of drug-likeness (QED) is 0.498. The standard InChI is InChI=1S/C28H32N4O4/c1-28(2)14-22-25(23(33)15-28)26(24-5-4-12-36-24)31-32(22)21-11-8-18(13-20(21)29)27(34)30-16-17-6-9-19(35-3)10-7-17/h6-11,13,24H,4-5,12,14-16,29H2,1-3H3,(H,30,34). The molecule has 188 valence electrons. The van der Waals surface area contributed by atoms with Crippen LogP contribution in [0.15, 0.2) is 42.5 Å². The van der Waals surface area contributed by atoms with Crippen LogP contribution >= 0.6 is 0 Å². The van der Waals surface area contributed by atoms with Gasteiger partial charge in [0.1, 0.15) is 17.5 Å². The lowest BCUT2D eigenvalue weighted by molar-refractivity contribution is 0.0884. The fourth-order valence-corrected chi connectivity index (χ4v) is 5.11. The lowest BCUT2D eigenvalue weighted by Crippen LogP contribution is -2.28. The molecule has 0 saturated carbocycles. The van der Waals surface area contributed by atoms with E-state index in [0.29, 0.717) is 54.2 Å². The third-order valence-corrected chi connectivity index (χ3v) is 6.94. The number of ketones is 1. The predicted molar refractivity (Wildman–Crippen MR) is 137 cm³/mol. The molecule has 3 aromatic rings. The molecule has 36 heavy (non-hydrogen) atoms. The predicted octanol–water partition coefficient (Wildman–Crippen LogP) is 4.40. The van der Waals surface area contributed by atoms with Gasteiger partial charge < -0.3 is 20.5 Å². The average Bonchev–Trinajstić information content (AvgIpc) is 3.50. The van der Waals surface area contributed by atoms with Crippen molar-refractivity contribution in [2.75, 3.05) is 19.5 Å². The van der Waals surface area contributed by atoms with Gasteiger partial charge in [-0.15, -0.1) is 0 Å². The molecule has 2 aliphatic rings. The zero-order valence-corrected chi connectivity index (χ0v) is 21.0. The summed E-state index contributed by atoms with van der Waals surface area (Å²) >= 11 is 0. The molecule has 0 spiro atoms. The number of anilines is 1. The van der Waals surface area contributed by atoms with Crippen LogP contribution < -0.4 is 15.8 Å². The van der Waals surface area contributed by atoms with E-state index in [2.05, 4.69) is 19.2 Å². The summed E-state index contributed by atoms with van der Waals surface area (Å²) in [6.45, 7) is 5.25. The van der Waals surface area contributed by atoms with E-state index < -0.39 is 0 Å². The van der Waals surface area contributed by atoms with Crippen LogP contribution in [0.5, 0.6) is 5.75 Å². The Bertz CT molecular complexity index is 1300. The summed E-state index contributed by atoms with van der Waals surface area (Å²) in [6, 6.07) is 12.7. The van der Waals surface area contributed by atoms with E-state index in [1.165, 1.54) is 0 Å². The van der Waals surface area contributed by atoms with Crippen LogP contribution in [0.1, 0.15) is 76.9 Å². The number of nitrogens with two attached hydrogens (primary N) is 1. The Morgan fingerprint density at radius 3 is 2.67 bits per heavy atom. The van der Waals surface area contributed by atoms with Crippen molar-refractivity contribution < 1.29 is 19.1 Å². The SMILES string of the molecule is COc1ccc(CNC(=O)c2ccc(-n3nc(C4CCCO4)c4c3CC(C)(C)CC4=O)c(N)c2)cc1. The largest absolute Gasteiger partial charge is 0.497 e. The van der Waals surface area contributed by atoms with Crippen molar-refractivity contribution in [1.82, 2.24) is 15.1 Å². The van der Waals surface area contributed by atoms with Crippen molar-refractivity contribution in [3.05, 3.63) is 70.5 Å². The normalized spacial score (nSPS) is 18.6. The molecule has 0 bridgehead atoms. The Morgan fingerprint density at radius 2 is 2.00 bits per heavy atom. The van der Waals surface area contributed by atoms with Crippen molar-refractivity contribution in [2.24, 2.45) is 5.41 Å². The Kier molecular flexibility index (Phi) is 6.30. The molecule has 3 N–H and O–H groups in total. The number of Topliss-reactive ketones (excluding diaryl/α,β-unsaturated/α-hetero) is 1. The van der Waals surface area contributed by atoms with Gasteiger partial charge in [-0.05, 0) is 60.6 Å². The van der Waals surface area contributed by atoms with Crippen LogP contribution in [0, 0.1) is 5.41 Å². The molecule has 1 saturated heterocycles. The Morgan fingerprint density at radius 1 is 1.22 bits per heavy atom. The highest BCUT2D eigenvalue weighted by atomic mass is 16.5. The second-order valence-electron chi connectivity index (χ2n) is 10.4. The Balaban J connectivity index is 1.42. The van der Waals surface area contributed by atoms with Crippen LogP contribution in [-0.2, 0) is 17.7 Å². The third kappa shape index (κ3) is 4.60. The highest BCUT2D eigenvalue weighted by Gasteiger charge is 2.39. The van der Waals surface area contributed by atoms with Gasteiger partial charge >= 0.3 is 0 Å². The van der Waals surface area contributed by atoms with E-state index >= 15 is 0 Å². The Hall–Kier alpha value is -3.65. The molecule has 5 rings (SSSR count). The minimum absolute atomic E-state index is 0.103. The van der Waals surface area contributed by atoms with Gasteiger partial charge in [-0.2, -0.15) is 5.10 Å². The number of aromatic nitrogens is 2. The van der Waals surface area contributed by atoms with E-state index in [0.717, 1.165) is 29.8 Å². The summed E-state index contributed by atoms with van der Waals surface area (Å²) in [6.07, 6.45) is 2.82. The third-order valence-electron chi connectivity index (χ3n) is 6.94. The highest BCUT2D eigenvalue weighted by Crippen LogP contribution is 2.41. The molecule has 1 aliphatic heterocycles. The van der Waals surface area contributed by atoms with E-state index in [9.17, 15) is 9.59 Å². The van der Waals surface area contributed by atoms with Gasteiger partial charge in [-0.3, -0.25) is 9.59 Å². The highest BCUT2D eigenvalue weighted by molar-refractivity contribution is 6.00. The summed E-state index contributed by atoms with van der Waals surface area (Å²) in [5.41, 5.74) is 11.0. The van der Waals surface area contributed by atoms with E-state index in [4.69, 9.17) is 20.3 Å².